The lowest BCUT2D eigenvalue weighted by atomic mass is 10.3. The van der Waals surface area contributed by atoms with Crippen molar-refractivity contribution in [1.82, 2.24) is 5.32 Å². The fourth-order valence-electron chi connectivity index (χ4n) is 1.02. The second-order valence-electron chi connectivity index (χ2n) is 2.76. The Morgan fingerprint density at radius 1 is 1.75 bits per heavy atom. The Labute approximate surface area is 72.2 Å². The zero-order valence-electron chi connectivity index (χ0n) is 7.34. The van der Waals surface area contributed by atoms with Crippen LogP contribution in [0.4, 0.5) is 0 Å². The molecule has 1 aliphatic heterocycles. The maximum atomic E-state index is 10.8. The van der Waals surface area contributed by atoms with Crippen molar-refractivity contribution in [3.05, 3.63) is 0 Å². The van der Waals surface area contributed by atoms with Crippen LogP contribution < -0.4 is 5.32 Å². The molecule has 0 aromatic carbocycles. The molecule has 1 atom stereocenters. The maximum Gasteiger partial charge on any atom is 0.305 e. The van der Waals surface area contributed by atoms with Crippen LogP contribution in [0.1, 0.15) is 13.3 Å². The predicted molar refractivity (Wildman–Crippen MR) is 43.9 cm³/mol. The predicted octanol–water partition coefficient (Wildman–Crippen LogP) is -0.0720. The van der Waals surface area contributed by atoms with Gasteiger partial charge in [-0.05, 0) is 0 Å². The minimum absolute atomic E-state index is 0.151. The highest BCUT2D eigenvalue weighted by Gasteiger charge is 2.14. The molecule has 4 heteroatoms. The van der Waals surface area contributed by atoms with Gasteiger partial charge in [0.1, 0.15) is 6.61 Å². The van der Waals surface area contributed by atoms with Crippen LogP contribution in [0.2, 0.25) is 0 Å². The molecule has 12 heavy (non-hydrogen) atoms. The third-order valence-corrected chi connectivity index (χ3v) is 1.73. The van der Waals surface area contributed by atoms with Crippen molar-refractivity contribution in [2.45, 2.75) is 19.4 Å². The molecule has 4 nitrogen and oxygen atoms in total. The summed E-state index contributed by atoms with van der Waals surface area (Å²) >= 11 is 0. The quantitative estimate of drug-likeness (QED) is 0.607. The molecule has 70 valence electrons. The van der Waals surface area contributed by atoms with E-state index in [2.05, 4.69) is 5.32 Å². The van der Waals surface area contributed by atoms with E-state index in [-0.39, 0.29) is 12.0 Å². The third kappa shape index (κ3) is 3.19. The van der Waals surface area contributed by atoms with Gasteiger partial charge in [-0.1, -0.05) is 6.92 Å². The Morgan fingerprint density at radius 2 is 2.58 bits per heavy atom. The molecule has 0 aromatic rings. The molecule has 1 rings (SSSR count). The summed E-state index contributed by atoms with van der Waals surface area (Å²) in [5.41, 5.74) is 0. The third-order valence-electron chi connectivity index (χ3n) is 1.73. The highest BCUT2D eigenvalue weighted by molar-refractivity contribution is 5.68. The molecular weight excluding hydrogens is 158 g/mol. The molecule has 0 radical (unpaired) electrons. The highest BCUT2D eigenvalue weighted by Crippen LogP contribution is 1.95. The maximum absolute atomic E-state index is 10.8. The lowest BCUT2D eigenvalue weighted by Gasteiger charge is -2.23. The summed E-state index contributed by atoms with van der Waals surface area (Å²) in [5.74, 6) is -0.151. The second kappa shape index (κ2) is 5.11. The van der Waals surface area contributed by atoms with Crippen LogP contribution >= 0.6 is 0 Å². The van der Waals surface area contributed by atoms with Crippen molar-refractivity contribution in [2.75, 3.05) is 26.4 Å². The van der Waals surface area contributed by atoms with Gasteiger partial charge in [-0.2, -0.15) is 0 Å². The minimum atomic E-state index is -0.151. The molecule has 1 heterocycles. The van der Waals surface area contributed by atoms with Crippen molar-refractivity contribution >= 4 is 5.97 Å². The van der Waals surface area contributed by atoms with Crippen molar-refractivity contribution in [3.8, 4) is 0 Å². The normalized spacial score (nSPS) is 23.6. The van der Waals surface area contributed by atoms with Crippen molar-refractivity contribution in [3.63, 3.8) is 0 Å². The fraction of sp³-hybridized carbons (Fsp3) is 0.875. The van der Waals surface area contributed by atoms with Crippen LogP contribution in [0.25, 0.3) is 0 Å². The monoisotopic (exact) mass is 173 g/mol. The van der Waals surface area contributed by atoms with E-state index in [1.165, 1.54) is 0 Å². The van der Waals surface area contributed by atoms with Crippen molar-refractivity contribution < 1.29 is 14.3 Å². The van der Waals surface area contributed by atoms with E-state index in [0.717, 1.165) is 13.2 Å². The number of esters is 1. The molecule has 1 saturated heterocycles. The number of rotatable bonds is 3. The zero-order chi connectivity index (χ0) is 8.81. The van der Waals surface area contributed by atoms with Crippen LogP contribution in [0.5, 0.6) is 0 Å². The van der Waals surface area contributed by atoms with Crippen molar-refractivity contribution in [2.24, 2.45) is 0 Å². The van der Waals surface area contributed by atoms with Crippen molar-refractivity contribution in [1.29, 1.82) is 0 Å². The Balaban J connectivity index is 2.09. The molecule has 1 unspecified atom stereocenters. The number of carbonyl (C=O) groups is 1. The SMILES string of the molecule is CCC(=O)OCC1COCCN1. The first-order chi connectivity index (χ1) is 5.83. The summed E-state index contributed by atoms with van der Waals surface area (Å²) in [6.45, 7) is 4.43. The standard InChI is InChI=1S/C8H15NO3/c1-2-8(10)12-6-7-5-11-4-3-9-7/h7,9H,2-6H2,1H3. The van der Waals surface area contributed by atoms with E-state index in [0.29, 0.717) is 19.6 Å². The summed E-state index contributed by atoms with van der Waals surface area (Å²) in [6, 6.07) is 0.175. The first-order valence-corrected chi connectivity index (χ1v) is 4.29. The lowest BCUT2D eigenvalue weighted by Crippen LogP contribution is -2.44. The minimum Gasteiger partial charge on any atom is -0.464 e. The van der Waals surface area contributed by atoms with Gasteiger partial charge in [-0.15, -0.1) is 0 Å². The summed E-state index contributed by atoms with van der Waals surface area (Å²) in [5, 5.41) is 3.20. The van der Waals surface area contributed by atoms with Crippen LogP contribution in [0.3, 0.4) is 0 Å². The van der Waals surface area contributed by atoms with E-state index >= 15 is 0 Å². The van der Waals surface area contributed by atoms with Gasteiger partial charge in [0.15, 0.2) is 0 Å². The number of hydrogen-bond donors (Lipinski definition) is 1. The Hall–Kier alpha value is -0.610. The molecule has 1 N–H and O–H groups in total. The van der Waals surface area contributed by atoms with Gasteiger partial charge in [0.05, 0.1) is 19.3 Å². The summed E-state index contributed by atoms with van der Waals surface area (Å²) in [4.78, 5) is 10.8. The highest BCUT2D eigenvalue weighted by atomic mass is 16.5. The molecule has 0 bridgehead atoms. The molecule has 0 saturated carbocycles. The van der Waals surface area contributed by atoms with Gasteiger partial charge in [0, 0.05) is 13.0 Å². The van der Waals surface area contributed by atoms with Gasteiger partial charge < -0.3 is 14.8 Å². The summed E-state index contributed by atoms with van der Waals surface area (Å²) < 4.78 is 10.1. The molecule has 0 spiro atoms. The lowest BCUT2D eigenvalue weighted by molar-refractivity contribution is -0.144. The number of morpholine rings is 1. The molecule has 0 aromatic heterocycles. The number of nitrogens with one attached hydrogen (secondary N) is 1. The molecule has 0 amide bonds. The van der Waals surface area contributed by atoms with Gasteiger partial charge in [0.25, 0.3) is 0 Å². The Morgan fingerprint density at radius 3 is 3.17 bits per heavy atom. The van der Waals surface area contributed by atoms with Gasteiger partial charge in [-0.3, -0.25) is 4.79 Å². The average molecular weight is 173 g/mol. The van der Waals surface area contributed by atoms with Gasteiger partial charge >= 0.3 is 5.97 Å². The fourth-order valence-corrected chi connectivity index (χ4v) is 1.02. The number of hydrogen-bond acceptors (Lipinski definition) is 4. The molecular formula is C8H15NO3. The van der Waals surface area contributed by atoms with E-state index in [9.17, 15) is 4.79 Å². The summed E-state index contributed by atoms with van der Waals surface area (Å²) in [7, 11) is 0. The number of carbonyl (C=O) groups excluding carboxylic acids is 1. The Bertz CT molecular complexity index is 143. The summed E-state index contributed by atoms with van der Waals surface area (Å²) in [6.07, 6.45) is 0.438. The second-order valence-corrected chi connectivity index (χ2v) is 2.76. The average Bonchev–Trinajstić information content (AvgIpc) is 2.16. The van der Waals surface area contributed by atoms with Crippen LogP contribution in [0.15, 0.2) is 0 Å². The first kappa shape index (κ1) is 9.48. The first-order valence-electron chi connectivity index (χ1n) is 4.29. The van der Waals surface area contributed by atoms with Gasteiger partial charge in [0.2, 0.25) is 0 Å². The van der Waals surface area contributed by atoms with E-state index < -0.39 is 0 Å². The van der Waals surface area contributed by atoms with Crippen LogP contribution in [-0.4, -0.2) is 38.4 Å². The smallest absolute Gasteiger partial charge is 0.305 e. The largest absolute Gasteiger partial charge is 0.464 e. The number of ether oxygens (including phenoxy) is 2. The molecule has 0 aliphatic carbocycles. The topological polar surface area (TPSA) is 47.6 Å². The van der Waals surface area contributed by atoms with E-state index in [1.807, 2.05) is 0 Å². The van der Waals surface area contributed by atoms with Crippen LogP contribution in [-0.2, 0) is 14.3 Å². The zero-order valence-corrected chi connectivity index (χ0v) is 7.34. The van der Waals surface area contributed by atoms with E-state index in [1.54, 1.807) is 6.92 Å². The van der Waals surface area contributed by atoms with Gasteiger partial charge in [-0.25, -0.2) is 0 Å². The molecule has 1 aliphatic rings. The Kier molecular flexibility index (Phi) is 4.04. The van der Waals surface area contributed by atoms with E-state index in [4.69, 9.17) is 9.47 Å². The molecule has 1 fully saturated rings. The van der Waals surface area contributed by atoms with Crippen LogP contribution in [0, 0.1) is 0 Å².